The lowest BCUT2D eigenvalue weighted by molar-refractivity contribution is 0.00130. The lowest BCUT2D eigenvalue weighted by atomic mass is 9.72. The number of aromatic nitrogens is 2. The molecule has 2 aliphatic rings. The van der Waals surface area contributed by atoms with Crippen molar-refractivity contribution >= 4 is 58.0 Å². The number of likely N-dealkylation sites (tertiary alicyclic amines) is 1. The van der Waals surface area contributed by atoms with Crippen molar-refractivity contribution in [3.05, 3.63) is 65.9 Å². The van der Waals surface area contributed by atoms with Crippen molar-refractivity contribution in [3.63, 3.8) is 0 Å². The molecule has 2 fully saturated rings. The van der Waals surface area contributed by atoms with Crippen LogP contribution in [0.3, 0.4) is 0 Å². The number of nitrogens with one attached hydrogen (secondary N) is 2. The zero-order valence-corrected chi connectivity index (χ0v) is 28.4. The fourth-order valence-corrected chi connectivity index (χ4v) is 8.50. The molecule has 0 radical (unpaired) electrons. The third-order valence-corrected chi connectivity index (χ3v) is 10.7. The maximum Gasteiger partial charge on any atom is 0.343 e. The number of rotatable bonds is 9. The molecule has 0 aliphatic carbocycles. The van der Waals surface area contributed by atoms with Gasteiger partial charge in [0.05, 0.1) is 25.1 Å². The maximum absolute atomic E-state index is 13.6. The van der Waals surface area contributed by atoms with Gasteiger partial charge >= 0.3 is 5.97 Å². The van der Waals surface area contributed by atoms with Crippen molar-refractivity contribution in [1.82, 2.24) is 14.9 Å². The van der Waals surface area contributed by atoms with Crippen LogP contribution in [0.25, 0.3) is 10.8 Å². The SMILES string of the molecule is CCOC(=O)c1cnc(Nc2cc(C)c(N3CCC4(CC3)CN(C)C4)cc2OC)nc1Nc1ccc2ccccc2c1P(C)(C)=O. The van der Waals surface area contributed by atoms with Gasteiger partial charge in [0, 0.05) is 49.4 Å². The molecule has 2 aliphatic heterocycles. The highest BCUT2D eigenvalue weighted by atomic mass is 31.2. The van der Waals surface area contributed by atoms with Crippen LogP contribution in [-0.2, 0) is 9.30 Å². The molecular formula is C35H43N6O4P. The summed E-state index contributed by atoms with van der Waals surface area (Å²) in [6.07, 6.45) is 3.84. The van der Waals surface area contributed by atoms with E-state index in [1.807, 2.05) is 36.4 Å². The van der Waals surface area contributed by atoms with Crippen LogP contribution >= 0.6 is 7.14 Å². The molecule has 1 spiro atoms. The molecule has 46 heavy (non-hydrogen) atoms. The Hall–Kier alpha value is -4.14. The second-order valence-electron chi connectivity index (χ2n) is 13.0. The number of fused-ring (bicyclic) bond motifs is 1. The number of hydrogen-bond acceptors (Lipinski definition) is 10. The second-order valence-corrected chi connectivity index (χ2v) is 16.1. The standard InChI is InChI=1S/C35H43N6O4P/c1-7-45-33(42)26-20-36-34(39-32(26)37-27-13-12-24-10-8-9-11-25(24)31(27)46(5,6)43)38-28-18-23(2)29(19-30(28)44-4)41-16-14-35(15-17-41)21-40(3)22-35/h8-13,18-20H,7,14-17,21-22H2,1-6H3,(H2,36,37,38,39). The van der Waals surface area contributed by atoms with Crippen molar-refractivity contribution in [2.75, 3.05) is 75.8 Å². The summed E-state index contributed by atoms with van der Waals surface area (Å²) in [6, 6.07) is 15.8. The highest BCUT2D eigenvalue weighted by Gasteiger charge is 2.43. The topological polar surface area (TPSA) is 109 Å². The smallest absolute Gasteiger partial charge is 0.343 e. The van der Waals surface area contributed by atoms with Gasteiger partial charge in [0.15, 0.2) is 5.82 Å². The lowest BCUT2D eigenvalue weighted by Crippen LogP contribution is -2.58. The fraction of sp³-hybridized carbons (Fsp3) is 0.400. The van der Waals surface area contributed by atoms with E-state index < -0.39 is 13.1 Å². The molecule has 0 unspecified atom stereocenters. The third-order valence-electron chi connectivity index (χ3n) is 9.12. The van der Waals surface area contributed by atoms with E-state index >= 15 is 0 Å². The average Bonchev–Trinajstić information content (AvgIpc) is 3.00. The van der Waals surface area contributed by atoms with E-state index in [9.17, 15) is 9.36 Å². The minimum atomic E-state index is -2.76. The van der Waals surface area contributed by atoms with Gasteiger partial charge in [-0.1, -0.05) is 30.3 Å². The number of aryl methyl sites for hydroxylation is 1. The fourth-order valence-electron chi connectivity index (χ4n) is 7.00. The van der Waals surface area contributed by atoms with E-state index in [4.69, 9.17) is 14.5 Å². The van der Waals surface area contributed by atoms with Crippen molar-refractivity contribution in [1.29, 1.82) is 0 Å². The lowest BCUT2D eigenvalue weighted by Gasteiger charge is -2.53. The first-order valence-corrected chi connectivity index (χ1v) is 18.4. The van der Waals surface area contributed by atoms with E-state index in [1.165, 1.54) is 37.8 Å². The van der Waals surface area contributed by atoms with Crippen molar-refractivity contribution < 1.29 is 18.8 Å². The predicted molar refractivity (Wildman–Crippen MR) is 187 cm³/mol. The van der Waals surface area contributed by atoms with E-state index in [0.717, 1.165) is 29.4 Å². The minimum absolute atomic E-state index is 0.174. The molecule has 11 heteroatoms. The summed E-state index contributed by atoms with van der Waals surface area (Å²) in [5.74, 6) is 0.641. The predicted octanol–water partition coefficient (Wildman–Crippen LogP) is 6.39. The number of piperidine rings is 1. The van der Waals surface area contributed by atoms with Gasteiger partial charge < -0.3 is 34.5 Å². The summed E-state index contributed by atoms with van der Waals surface area (Å²) in [7, 11) is 1.09. The number of nitrogens with zero attached hydrogens (tertiary/aromatic N) is 4. The Kier molecular flexibility index (Phi) is 8.70. The van der Waals surface area contributed by atoms with Crippen LogP contribution in [0.1, 0.15) is 35.7 Å². The number of carbonyl (C=O) groups is 1. The number of ether oxygens (including phenoxy) is 2. The summed E-state index contributed by atoms with van der Waals surface area (Å²) in [5.41, 5.74) is 4.25. The Morgan fingerprint density at radius 3 is 2.46 bits per heavy atom. The summed E-state index contributed by atoms with van der Waals surface area (Å²) in [4.78, 5) is 27.0. The molecule has 6 rings (SSSR count). The maximum atomic E-state index is 13.6. The Morgan fingerprint density at radius 1 is 1.04 bits per heavy atom. The third kappa shape index (κ3) is 6.29. The molecule has 3 heterocycles. The molecule has 2 saturated heterocycles. The summed E-state index contributed by atoms with van der Waals surface area (Å²) < 4.78 is 24.7. The molecule has 0 amide bonds. The van der Waals surface area contributed by atoms with Crippen LogP contribution in [-0.4, -0.2) is 81.1 Å². The van der Waals surface area contributed by atoms with Gasteiger partial charge in [-0.25, -0.2) is 9.78 Å². The number of hydrogen-bond donors (Lipinski definition) is 2. The first-order valence-electron chi connectivity index (χ1n) is 15.8. The van der Waals surface area contributed by atoms with Crippen LogP contribution in [0.5, 0.6) is 5.75 Å². The molecule has 2 N–H and O–H groups in total. The average molecular weight is 643 g/mol. The minimum Gasteiger partial charge on any atom is -0.494 e. The molecule has 1 aromatic heterocycles. The van der Waals surface area contributed by atoms with Gasteiger partial charge in [-0.15, -0.1) is 0 Å². The van der Waals surface area contributed by atoms with Crippen LogP contribution in [0.4, 0.5) is 28.8 Å². The van der Waals surface area contributed by atoms with Crippen LogP contribution in [0, 0.1) is 12.3 Å². The Bertz CT molecular complexity index is 1820. The molecule has 3 aromatic carbocycles. The summed E-state index contributed by atoms with van der Waals surface area (Å²) >= 11 is 0. The van der Waals surface area contributed by atoms with E-state index in [0.29, 0.717) is 27.8 Å². The van der Waals surface area contributed by atoms with E-state index in [-0.39, 0.29) is 23.9 Å². The first-order chi connectivity index (χ1) is 22.0. The number of benzene rings is 3. The number of carbonyl (C=O) groups excluding carboxylic acids is 1. The Labute approximate surface area is 270 Å². The van der Waals surface area contributed by atoms with Crippen molar-refractivity contribution in [2.45, 2.75) is 26.7 Å². The van der Waals surface area contributed by atoms with E-state index in [2.05, 4.69) is 51.5 Å². The quantitative estimate of drug-likeness (QED) is 0.158. The monoisotopic (exact) mass is 642 g/mol. The number of esters is 1. The van der Waals surface area contributed by atoms with Gasteiger partial charge in [-0.05, 0) is 81.0 Å². The van der Waals surface area contributed by atoms with Crippen LogP contribution in [0.2, 0.25) is 0 Å². The van der Waals surface area contributed by atoms with E-state index in [1.54, 1.807) is 27.4 Å². The molecule has 0 atom stereocenters. The molecule has 0 bridgehead atoms. The van der Waals surface area contributed by atoms with Gasteiger partial charge in [-0.2, -0.15) is 4.98 Å². The Morgan fingerprint density at radius 2 is 1.78 bits per heavy atom. The normalized spacial score (nSPS) is 16.3. The first kappa shape index (κ1) is 31.8. The second kappa shape index (κ2) is 12.6. The van der Waals surface area contributed by atoms with Gasteiger partial charge in [0.1, 0.15) is 18.5 Å². The zero-order chi connectivity index (χ0) is 32.6. The van der Waals surface area contributed by atoms with Gasteiger partial charge in [0.25, 0.3) is 0 Å². The Balaban J connectivity index is 1.32. The highest BCUT2D eigenvalue weighted by molar-refractivity contribution is 7.71. The molecule has 242 valence electrons. The molecular weight excluding hydrogens is 599 g/mol. The number of anilines is 5. The van der Waals surface area contributed by atoms with Crippen molar-refractivity contribution in [3.8, 4) is 5.75 Å². The zero-order valence-electron chi connectivity index (χ0n) is 27.5. The molecule has 0 saturated carbocycles. The highest BCUT2D eigenvalue weighted by Crippen LogP contribution is 2.44. The number of methoxy groups -OCH3 is 1. The molecule has 10 nitrogen and oxygen atoms in total. The van der Waals surface area contributed by atoms with Gasteiger partial charge in [0.2, 0.25) is 5.95 Å². The van der Waals surface area contributed by atoms with Gasteiger partial charge in [-0.3, -0.25) is 0 Å². The van der Waals surface area contributed by atoms with Crippen molar-refractivity contribution in [2.24, 2.45) is 5.41 Å². The summed E-state index contributed by atoms with van der Waals surface area (Å²) in [6.45, 7) is 12.0. The molecule has 4 aromatic rings. The largest absolute Gasteiger partial charge is 0.494 e. The van der Waals surface area contributed by atoms with Crippen LogP contribution < -0.4 is 25.6 Å². The summed E-state index contributed by atoms with van der Waals surface area (Å²) in [5, 5.41) is 9.18. The van der Waals surface area contributed by atoms with Crippen LogP contribution in [0.15, 0.2) is 54.7 Å².